The van der Waals surface area contributed by atoms with E-state index in [1.54, 1.807) is 0 Å². The lowest BCUT2D eigenvalue weighted by Crippen LogP contribution is -2.48. The molecule has 0 spiro atoms. The molecule has 170 valence electrons. The summed E-state index contributed by atoms with van der Waals surface area (Å²) < 4.78 is 0. The molecule has 2 rings (SSSR count). The van der Waals surface area contributed by atoms with Gasteiger partial charge in [0.25, 0.3) is 0 Å². The van der Waals surface area contributed by atoms with E-state index >= 15 is 0 Å². The molecule has 30 heavy (non-hydrogen) atoms. The van der Waals surface area contributed by atoms with E-state index in [1.165, 1.54) is 13.0 Å². The maximum absolute atomic E-state index is 4.38. The Hall–Kier alpha value is -1.93. The van der Waals surface area contributed by atoms with E-state index in [1.807, 2.05) is 25.5 Å². The largest absolute Gasteiger partial charge is 0.356 e. The fourth-order valence-electron chi connectivity index (χ4n) is 3.80. The maximum Gasteiger partial charge on any atom is 0.225 e. The summed E-state index contributed by atoms with van der Waals surface area (Å²) in [5, 5.41) is 6.99. The predicted molar refractivity (Wildman–Crippen MR) is 126 cm³/mol. The van der Waals surface area contributed by atoms with Gasteiger partial charge in [0, 0.05) is 58.2 Å². The molecule has 1 aromatic rings. The number of hydrogen-bond acceptors (Lipinski definition) is 6. The normalized spacial score (nSPS) is 16.7. The van der Waals surface area contributed by atoms with E-state index in [-0.39, 0.29) is 0 Å². The Morgan fingerprint density at radius 3 is 2.47 bits per heavy atom. The topological polar surface area (TPSA) is 71.9 Å². The van der Waals surface area contributed by atoms with Crippen LogP contribution in [-0.4, -0.2) is 97.7 Å². The number of nitrogens with one attached hydrogen (secondary N) is 2. The molecule has 8 heteroatoms. The average Bonchev–Trinajstić information content (AvgIpc) is 2.79. The summed E-state index contributed by atoms with van der Waals surface area (Å²) in [4.78, 5) is 20.4. The molecule has 8 nitrogen and oxygen atoms in total. The summed E-state index contributed by atoms with van der Waals surface area (Å²) in [6, 6.07) is 2.29. The molecule has 1 fully saturated rings. The van der Waals surface area contributed by atoms with Gasteiger partial charge in [0.1, 0.15) is 0 Å². The summed E-state index contributed by atoms with van der Waals surface area (Å²) in [7, 11) is 1.85. The summed E-state index contributed by atoms with van der Waals surface area (Å²) >= 11 is 0. The Morgan fingerprint density at radius 2 is 1.83 bits per heavy atom. The molecule has 0 radical (unpaired) electrons. The van der Waals surface area contributed by atoms with Gasteiger partial charge in [0.05, 0.1) is 0 Å². The molecular formula is C22H42N8. The Bertz CT molecular complexity index is 582. The van der Waals surface area contributed by atoms with E-state index in [9.17, 15) is 0 Å². The van der Waals surface area contributed by atoms with Crippen molar-refractivity contribution in [3.05, 3.63) is 18.5 Å². The van der Waals surface area contributed by atoms with Crippen molar-refractivity contribution >= 4 is 11.9 Å². The highest BCUT2D eigenvalue weighted by molar-refractivity contribution is 5.79. The van der Waals surface area contributed by atoms with E-state index < -0.39 is 0 Å². The fourth-order valence-corrected chi connectivity index (χ4v) is 3.80. The van der Waals surface area contributed by atoms with Crippen molar-refractivity contribution in [2.24, 2.45) is 4.99 Å². The summed E-state index contributed by atoms with van der Waals surface area (Å²) in [6.07, 6.45) is 7.11. The molecule has 0 aliphatic carbocycles. The van der Waals surface area contributed by atoms with E-state index in [2.05, 4.69) is 61.1 Å². The molecule has 1 aliphatic heterocycles. The number of anilines is 1. The molecule has 2 N–H and O–H groups in total. The quantitative estimate of drug-likeness (QED) is 0.304. The number of aliphatic imine (C=N–C) groups is 1. The summed E-state index contributed by atoms with van der Waals surface area (Å²) in [6.45, 7) is 16.3. The van der Waals surface area contributed by atoms with Crippen LogP contribution in [0.2, 0.25) is 0 Å². The predicted octanol–water partition coefficient (Wildman–Crippen LogP) is 1.66. The van der Waals surface area contributed by atoms with Crippen LogP contribution < -0.4 is 15.5 Å². The summed E-state index contributed by atoms with van der Waals surface area (Å²) in [5.74, 6) is 1.76. The van der Waals surface area contributed by atoms with Gasteiger partial charge in [-0.3, -0.25) is 9.89 Å². The zero-order valence-electron chi connectivity index (χ0n) is 19.5. The van der Waals surface area contributed by atoms with Crippen molar-refractivity contribution in [1.29, 1.82) is 0 Å². The minimum Gasteiger partial charge on any atom is -0.356 e. The van der Waals surface area contributed by atoms with E-state index in [4.69, 9.17) is 0 Å². The number of rotatable bonds is 12. The minimum atomic E-state index is 0.431. The van der Waals surface area contributed by atoms with Gasteiger partial charge in [0.15, 0.2) is 5.96 Å². The number of aromatic nitrogens is 2. The summed E-state index contributed by atoms with van der Waals surface area (Å²) in [5.41, 5.74) is 0. The van der Waals surface area contributed by atoms with Crippen molar-refractivity contribution in [3.63, 3.8) is 0 Å². The zero-order chi connectivity index (χ0) is 21.6. The molecule has 0 saturated carbocycles. The number of nitrogens with zero attached hydrogens (tertiary/aromatic N) is 6. The van der Waals surface area contributed by atoms with Crippen molar-refractivity contribution < 1.29 is 0 Å². The van der Waals surface area contributed by atoms with Crippen LogP contribution in [0.25, 0.3) is 0 Å². The zero-order valence-corrected chi connectivity index (χ0v) is 19.5. The van der Waals surface area contributed by atoms with Gasteiger partial charge in [-0.25, -0.2) is 9.97 Å². The monoisotopic (exact) mass is 418 g/mol. The van der Waals surface area contributed by atoms with Crippen LogP contribution in [-0.2, 0) is 0 Å². The first-order valence-corrected chi connectivity index (χ1v) is 11.6. The lowest BCUT2D eigenvalue weighted by atomic mass is 10.2. The average molecular weight is 419 g/mol. The first-order chi connectivity index (χ1) is 14.7. The highest BCUT2D eigenvalue weighted by Crippen LogP contribution is 2.09. The molecule has 2 heterocycles. The van der Waals surface area contributed by atoms with Crippen molar-refractivity contribution in [2.75, 3.05) is 70.9 Å². The van der Waals surface area contributed by atoms with E-state index in [0.29, 0.717) is 6.04 Å². The number of hydrogen-bond donors (Lipinski definition) is 2. The molecule has 1 atom stereocenters. The second-order valence-corrected chi connectivity index (χ2v) is 7.94. The molecule has 1 aliphatic rings. The third-order valence-electron chi connectivity index (χ3n) is 5.76. The van der Waals surface area contributed by atoms with Gasteiger partial charge in [-0.05, 0) is 58.4 Å². The van der Waals surface area contributed by atoms with Gasteiger partial charge in [0.2, 0.25) is 5.95 Å². The molecule has 0 aromatic carbocycles. The van der Waals surface area contributed by atoms with Crippen molar-refractivity contribution in [1.82, 2.24) is 30.4 Å². The first kappa shape index (κ1) is 24.3. The molecule has 0 bridgehead atoms. The Labute approximate surface area is 183 Å². The lowest BCUT2D eigenvalue weighted by Gasteiger charge is -2.34. The molecule has 1 aromatic heterocycles. The smallest absolute Gasteiger partial charge is 0.225 e. The Morgan fingerprint density at radius 1 is 1.13 bits per heavy atom. The lowest BCUT2D eigenvalue weighted by molar-refractivity contribution is 0.254. The molecule has 1 unspecified atom stereocenters. The van der Waals surface area contributed by atoms with Crippen LogP contribution in [0.3, 0.4) is 0 Å². The van der Waals surface area contributed by atoms with Crippen molar-refractivity contribution in [3.8, 4) is 0 Å². The number of piperazine rings is 1. The molecule has 0 amide bonds. The van der Waals surface area contributed by atoms with Gasteiger partial charge < -0.3 is 20.4 Å². The van der Waals surface area contributed by atoms with Crippen LogP contribution in [0.4, 0.5) is 5.95 Å². The highest BCUT2D eigenvalue weighted by atomic mass is 15.3. The van der Waals surface area contributed by atoms with Crippen LogP contribution in [0.5, 0.6) is 0 Å². The fraction of sp³-hybridized carbons (Fsp3) is 0.773. The van der Waals surface area contributed by atoms with E-state index in [0.717, 1.165) is 77.1 Å². The van der Waals surface area contributed by atoms with Crippen molar-refractivity contribution in [2.45, 2.75) is 46.1 Å². The van der Waals surface area contributed by atoms with Gasteiger partial charge in [-0.1, -0.05) is 13.8 Å². The Balaban J connectivity index is 1.56. The second kappa shape index (κ2) is 14.1. The van der Waals surface area contributed by atoms with Crippen LogP contribution >= 0.6 is 0 Å². The van der Waals surface area contributed by atoms with Gasteiger partial charge >= 0.3 is 0 Å². The minimum absolute atomic E-state index is 0.431. The van der Waals surface area contributed by atoms with Gasteiger partial charge in [-0.15, -0.1) is 0 Å². The third kappa shape index (κ3) is 8.83. The highest BCUT2D eigenvalue weighted by Gasteiger charge is 2.18. The molecular weight excluding hydrogens is 376 g/mol. The van der Waals surface area contributed by atoms with Gasteiger partial charge in [-0.2, -0.15) is 0 Å². The molecule has 1 saturated heterocycles. The van der Waals surface area contributed by atoms with Crippen LogP contribution in [0.15, 0.2) is 23.5 Å². The standard InChI is InChI=1S/C22H42N8/c1-5-28(6-2)14-7-10-20(3)27-21(23-4)24-13-9-15-29-16-18-30(19-17-29)22-25-11-8-12-26-22/h8,11-12,20H,5-7,9-10,13-19H2,1-4H3,(H2,23,24,27). The number of guanidine groups is 1. The maximum atomic E-state index is 4.38. The Kier molecular flexibility index (Phi) is 11.5. The third-order valence-corrected chi connectivity index (χ3v) is 5.76. The van der Waals surface area contributed by atoms with Crippen LogP contribution in [0, 0.1) is 0 Å². The second-order valence-electron chi connectivity index (χ2n) is 7.94. The van der Waals surface area contributed by atoms with Crippen LogP contribution in [0.1, 0.15) is 40.0 Å². The SMILES string of the molecule is CCN(CC)CCCC(C)NC(=NC)NCCCN1CCN(c2ncccn2)CC1. The first-order valence-electron chi connectivity index (χ1n) is 11.6.